The predicted molar refractivity (Wildman–Crippen MR) is 68.5 cm³/mol. The number of carbonyl (C=O) groups is 1. The van der Waals surface area contributed by atoms with Crippen LogP contribution in [0.1, 0.15) is 25.8 Å². The zero-order chi connectivity index (χ0) is 13.5. The van der Waals surface area contributed by atoms with Crippen LogP contribution in [0.5, 0.6) is 0 Å². The summed E-state index contributed by atoms with van der Waals surface area (Å²) in [5.41, 5.74) is 0.989. The molecule has 4 nitrogen and oxygen atoms in total. The van der Waals surface area contributed by atoms with E-state index in [1.54, 1.807) is 31.2 Å². The number of carbonyl (C=O) groups excluding carboxylic acids is 1. The topological polar surface area (TPSA) is 54.5 Å². The van der Waals surface area contributed by atoms with Gasteiger partial charge in [-0.2, -0.15) is 0 Å². The summed E-state index contributed by atoms with van der Waals surface area (Å²) < 4.78 is 25.6. The highest BCUT2D eigenvalue weighted by molar-refractivity contribution is 7.89. The lowest BCUT2D eigenvalue weighted by atomic mass is 9.90. The van der Waals surface area contributed by atoms with Crippen molar-refractivity contribution in [2.45, 2.75) is 38.1 Å². The molecule has 2 rings (SSSR count). The molecule has 1 aliphatic heterocycles. The Morgan fingerprint density at radius 2 is 1.78 bits per heavy atom. The van der Waals surface area contributed by atoms with Gasteiger partial charge in [0.2, 0.25) is 5.91 Å². The molecule has 1 aromatic carbocycles. The molecule has 1 heterocycles. The van der Waals surface area contributed by atoms with Crippen molar-refractivity contribution in [1.29, 1.82) is 0 Å². The summed E-state index contributed by atoms with van der Waals surface area (Å²) in [7, 11) is -3.68. The quantitative estimate of drug-likeness (QED) is 0.786. The van der Waals surface area contributed by atoms with Crippen LogP contribution in [0.2, 0.25) is 0 Å². The van der Waals surface area contributed by atoms with Crippen LogP contribution in [-0.2, 0) is 14.8 Å². The number of aryl methyl sites for hydroxylation is 1. The molecule has 0 spiro atoms. The third kappa shape index (κ3) is 1.82. The van der Waals surface area contributed by atoms with Gasteiger partial charge in [-0.15, -0.1) is 0 Å². The molecule has 1 saturated heterocycles. The van der Waals surface area contributed by atoms with Crippen LogP contribution in [-0.4, -0.2) is 24.7 Å². The normalized spacial score (nSPS) is 23.9. The van der Waals surface area contributed by atoms with Crippen molar-refractivity contribution in [3.8, 4) is 0 Å². The first kappa shape index (κ1) is 13.1. The molecule has 0 radical (unpaired) electrons. The lowest BCUT2D eigenvalue weighted by Crippen LogP contribution is -2.61. The smallest absolute Gasteiger partial charge is 0.266 e. The molecule has 0 aliphatic carbocycles. The second kappa shape index (κ2) is 4.39. The summed E-state index contributed by atoms with van der Waals surface area (Å²) in [5, 5.41) is 0. The molecular weight excluding hydrogens is 250 g/mol. The van der Waals surface area contributed by atoms with E-state index in [1.807, 2.05) is 13.8 Å². The molecule has 1 aliphatic rings. The van der Waals surface area contributed by atoms with Crippen LogP contribution in [0, 0.1) is 12.8 Å². The predicted octanol–water partition coefficient (Wildman–Crippen LogP) is 1.94. The average Bonchev–Trinajstić information content (AvgIpc) is 2.29. The van der Waals surface area contributed by atoms with Crippen LogP contribution in [0.4, 0.5) is 0 Å². The van der Waals surface area contributed by atoms with Gasteiger partial charge in [0, 0.05) is 0 Å². The Kier molecular flexibility index (Phi) is 3.19. The number of hydrogen-bond donors (Lipinski definition) is 0. The SMILES string of the molecule is CCC1C(=O)N(S(=O)(=O)c2ccc(C)cc2)[C@@H]1C. The summed E-state index contributed by atoms with van der Waals surface area (Å²) in [6, 6.07) is 6.32. The first-order valence-corrected chi connectivity index (χ1v) is 7.48. The number of sulfonamides is 1. The average molecular weight is 267 g/mol. The van der Waals surface area contributed by atoms with E-state index >= 15 is 0 Å². The van der Waals surface area contributed by atoms with E-state index in [1.165, 1.54) is 0 Å². The van der Waals surface area contributed by atoms with E-state index in [0.717, 1.165) is 9.87 Å². The Morgan fingerprint density at radius 1 is 1.22 bits per heavy atom. The summed E-state index contributed by atoms with van der Waals surface area (Å²) >= 11 is 0. The highest BCUT2D eigenvalue weighted by atomic mass is 32.2. The minimum atomic E-state index is -3.68. The van der Waals surface area contributed by atoms with E-state index in [9.17, 15) is 13.2 Å². The van der Waals surface area contributed by atoms with E-state index in [-0.39, 0.29) is 22.8 Å². The van der Waals surface area contributed by atoms with Crippen LogP contribution in [0.15, 0.2) is 29.2 Å². The largest absolute Gasteiger partial charge is 0.273 e. The molecule has 1 aromatic rings. The molecule has 0 saturated carbocycles. The Balaban J connectivity index is 2.34. The monoisotopic (exact) mass is 267 g/mol. The lowest BCUT2D eigenvalue weighted by molar-refractivity contribution is -0.145. The van der Waals surface area contributed by atoms with Crippen LogP contribution < -0.4 is 0 Å². The molecule has 1 unspecified atom stereocenters. The summed E-state index contributed by atoms with van der Waals surface area (Å²) in [6.45, 7) is 5.57. The van der Waals surface area contributed by atoms with Crippen molar-refractivity contribution in [2.75, 3.05) is 0 Å². The zero-order valence-electron chi connectivity index (χ0n) is 10.8. The summed E-state index contributed by atoms with van der Waals surface area (Å²) in [5.74, 6) is -0.448. The molecule has 5 heteroatoms. The molecule has 0 aromatic heterocycles. The van der Waals surface area contributed by atoms with Gasteiger partial charge in [-0.05, 0) is 32.4 Å². The highest BCUT2D eigenvalue weighted by Gasteiger charge is 2.49. The maximum atomic E-state index is 12.3. The first-order valence-electron chi connectivity index (χ1n) is 6.04. The van der Waals surface area contributed by atoms with Crippen molar-refractivity contribution in [2.24, 2.45) is 5.92 Å². The number of hydrogen-bond acceptors (Lipinski definition) is 3. The summed E-state index contributed by atoms with van der Waals surface area (Å²) in [6.07, 6.45) is 0.680. The number of benzene rings is 1. The number of β-lactam (4-membered cyclic amide) rings is 1. The minimum Gasteiger partial charge on any atom is -0.273 e. The molecule has 2 atom stereocenters. The van der Waals surface area contributed by atoms with Gasteiger partial charge in [-0.3, -0.25) is 4.79 Å². The highest BCUT2D eigenvalue weighted by Crippen LogP contribution is 2.34. The van der Waals surface area contributed by atoms with Crippen LogP contribution in [0.25, 0.3) is 0 Å². The van der Waals surface area contributed by atoms with Gasteiger partial charge >= 0.3 is 0 Å². The Morgan fingerprint density at radius 3 is 2.22 bits per heavy atom. The van der Waals surface area contributed by atoms with Gasteiger partial charge in [-0.25, -0.2) is 12.7 Å². The molecule has 0 bridgehead atoms. The molecular formula is C13H17NO3S. The van der Waals surface area contributed by atoms with E-state index in [0.29, 0.717) is 6.42 Å². The first-order chi connectivity index (χ1) is 8.39. The molecule has 1 fully saturated rings. The molecule has 98 valence electrons. The van der Waals surface area contributed by atoms with E-state index in [4.69, 9.17) is 0 Å². The lowest BCUT2D eigenvalue weighted by Gasteiger charge is -2.43. The van der Waals surface area contributed by atoms with Gasteiger partial charge in [0.15, 0.2) is 0 Å². The Bertz CT molecular complexity index is 562. The van der Waals surface area contributed by atoms with Crippen molar-refractivity contribution in [3.63, 3.8) is 0 Å². The fourth-order valence-corrected chi connectivity index (χ4v) is 3.99. The van der Waals surface area contributed by atoms with Gasteiger partial charge in [0.25, 0.3) is 10.0 Å². The zero-order valence-corrected chi connectivity index (χ0v) is 11.6. The second-order valence-corrected chi connectivity index (χ2v) is 6.52. The maximum Gasteiger partial charge on any atom is 0.266 e. The van der Waals surface area contributed by atoms with Gasteiger partial charge < -0.3 is 0 Å². The number of nitrogens with zero attached hydrogens (tertiary/aromatic N) is 1. The third-order valence-corrected chi connectivity index (χ3v) is 5.40. The third-order valence-electron chi connectivity index (χ3n) is 3.50. The molecule has 0 N–H and O–H groups in total. The van der Waals surface area contributed by atoms with Crippen molar-refractivity contribution in [3.05, 3.63) is 29.8 Å². The fraction of sp³-hybridized carbons (Fsp3) is 0.462. The van der Waals surface area contributed by atoms with Gasteiger partial charge in [-0.1, -0.05) is 24.6 Å². The van der Waals surface area contributed by atoms with Gasteiger partial charge in [0.05, 0.1) is 16.9 Å². The fourth-order valence-electron chi connectivity index (χ4n) is 2.33. The van der Waals surface area contributed by atoms with Crippen LogP contribution >= 0.6 is 0 Å². The van der Waals surface area contributed by atoms with Crippen molar-refractivity contribution < 1.29 is 13.2 Å². The minimum absolute atomic E-state index is 0.162. The molecule has 1 amide bonds. The van der Waals surface area contributed by atoms with E-state index in [2.05, 4.69) is 0 Å². The second-order valence-electron chi connectivity index (χ2n) is 4.71. The van der Waals surface area contributed by atoms with Crippen molar-refractivity contribution in [1.82, 2.24) is 4.31 Å². The number of rotatable bonds is 3. The Labute approximate surface area is 108 Å². The van der Waals surface area contributed by atoms with Crippen molar-refractivity contribution >= 4 is 15.9 Å². The van der Waals surface area contributed by atoms with Gasteiger partial charge in [0.1, 0.15) is 0 Å². The Hall–Kier alpha value is -1.36. The standard InChI is InChI=1S/C13H17NO3S/c1-4-12-10(3)14(13(12)15)18(16,17)11-7-5-9(2)6-8-11/h5-8,10,12H,4H2,1-3H3/t10-,12?/m1/s1. The number of amides is 1. The van der Waals surface area contributed by atoms with E-state index < -0.39 is 10.0 Å². The summed E-state index contributed by atoms with van der Waals surface area (Å²) in [4.78, 5) is 12.0. The maximum absolute atomic E-state index is 12.3. The molecule has 18 heavy (non-hydrogen) atoms. The van der Waals surface area contributed by atoms with Crippen LogP contribution in [0.3, 0.4) is 0 Å².